The van der Waals surface area contributed by atoms with E-state index < -0.39 is 64.7 Å². The molecular formula is C44H40F9N5O5. The number of hydrogen-bond donors (Lipinski definition) is 1. The van der Waals surface area contributed by atoms with Crippen LogP contribution in [0.5, 0.6) is 0 Å². The predicted molar refractivity (Wildman–Crippen MR) is 211 cm³/mol. The lowest BCUT2D eigenvalue weighted by Crippen LogP contribution is -2.43. The molecule has 2 heterocycles. The van der Waals surface area contributed by atoms with Crippen molar-refractivity contribution >= 4 is 17.5 Å². The van der Waals surface area contributed by atoms with E-state index in [9.17, 15) is 49.4 Å². The number of nitrogens with zero attached hydrogens (tertiary/aromatic N) is 5. The third kappa shape index (κ3) is 10.5. The Kier molecular flexibility index (Phi) is 12.7. The molecule has 1 saturated heterocycles. The summed E-state index contributed by atoms with van der Waals surface area (Å²) in [5.74, 6) is -0.0259. The molecule has 6 rings (SSSR count). The second-order valence-corrected chi connectivity index (χ2v) is 16.1. The first-order chi connectivity index (χ1) is 29.4. The number of benzene rings is 4. The summed E-state index contributed by atoms with van der Waals surface area (Å²) in [5.41, 5.74) is -2.19. The topological polar surface area (TPSA) is 123 Å². The van der Waals surface area contributed by atoms with Gasteiger partial charge in [-0.05, 0) is 77.4 Å². The van der Waals surface area contributed by atoms with Gasteiger partial charge in [0.25, 0.3) is 0 Å². The average Bonchev–Trinajstić information content (AvgIpc) is 3.88. The van der Waals surface area contributed by atoms with Gasteiger partial charge in [-0.3, -0.25) is 0 Å². The summed E-state index contributed by atoms with van der Waals surface area (Å²) >= 11 is 0. The summed E-state index contributed by atoms with van der Waals surface area (Å²) in [7, 11) is 0. The molecule has 1 amide bonds. The van der Waals surface area contributed by atoms with Crippen LogP contribution < -0.4 is 0 Å². The number of carboxylic acid groups (broad SMARTS) is 1. The number of rotatable bonds is 11. The number of oxime groups is 2. The molecule has 1 aromatic heterocycles. The molecule has 1 aliphatic rings. The SMILES string of the molecule is CC(=NOCc1ccc(C(F)(F)F)cc1)c1ccc(-c2noc(C3(c4ccc(C(C)=NOCc5cc(C(F)(F)F)cc(C(F)(F)F)c5)cc4)CN(C(=O)O)CC3C(C)(C)C)n2)cc1. The molecule has 0 aliphatic carbocycles. The van der Waals surface area contributed by atoms with Crippen LogP contribution in [0.1, 0.15) is 85.0 Å². The average molecular weight is 890 g/mol. The molecule has 0 radical (unpaired) electrons. The van der Waals surface area contributed by atoms with Gasteiger partial charge in [0.2, 0.25) is 11.7 Å². The summed E-state index contributed by atoms with van der Waals surface area (Å²) in [5, 5.41) is 22.5. The highest BCUT2D eigenvalue weighted by Crippen LogP contribution is 2.52. The quantitative estimate of drug-likeness (QED) is 0.0796. The zero-order valence-corrected chi connectivity index (χ0v) is 34.3. The van der Waals surface area contributed by atoms with Gasteiger partial charge in [-0.1, -0.05) is 96.9 Å². The zero-order chi connectivity index (χ0) is 46.1. The highest BCUT2D eigenvalue weighted by molar-refractivity contribution is 5.99. The highest BCUT2D eigenvalue weighted by Gasteiger charge is 2.58. The minimum absolute atomic E-state index is 0.0284. The minimum atomic E-state index is -5.02. The minimum Gasteiger partial charge on any atom is -0.465 e. The molecule has 1 fully saturated rings. The van der Waals surface area contributed by atoms with Crippen LogP contribution in [-0.4, -0.2) is 50.8 Å². The van der Waals surface area contributed by atoms with Gasteiger partial charge >= 0.3 is 24.6 Å². The Morgan fingerprint density at radius 3 is 1.70 bits per heavy atom. The van der Waals surface area contributed by atoms with E-state index in [2.05, 4.69) is 15.5 Å². The highest BCUT2D eigenvalue weighted by atomic mass is 19.4. The Morgan fingerprint density at radius 2 is 1.22 bits per heavy atom. The van der Waals surface area contributed by atoms with E-state index in [1.807, 2.05) is 20.8 Å². The standard InChI is InChI=1S/C44H40F9N5O5/c1-25(55-61-22-27-6-14-33(15-7-27)42(45,46)47)29-8-10-31(11-9-29)37-54-38(63-57-37)41(24-58(39(59)60)21-36(41)40(3,4)5)32-16-12-30(13-17-32)26(2)56-62-23-28-18-34(43(48,49)50)20-35(19-28)44(51,52)53/h6-20,36H,21-24H2,1-5H3,(H,59,60). The van der Waals surface area contributed by atoms with E-state index in [0.717, 1.165) is 12.1 Å². The van der Waals surface area contributed by atoms with Crippen molar-refractivity contribution in [3.05, 3.63) is 141 Å². The van der Waals surface area contributed by atoms with Crippen molar-refractivity contribution in [1.29, 1.82) is 0 Å². The second kappa shape index (κ2) is 17.4. The van der Waals surface area contributed by atoms with Gasteiger partial charge in [0.15, 0.2) is 0 Å². The Hall–Kier alpha value is -6.40. The summed E-state index contributed by atoms with van der Waals surface area (Å²) in [6.45, 7) is 8.50. The molecular weight excluding hydrogens is 849 g/mol. The molecule has 1 N–H and O–H groups in total. The van der Waals surface area contributed by atoms with E-state index in [4.69, 9.17) is 19.2 Å². The Labute approximate surface area is 355 Å². The van der Waals surface area contributed by atoms with Crippen LogP contribution in [0, 0.1) is 11.3 Å². The van der Waals surface area contributed by atoms with E-state index in [0.29, 0.717) is 45.7 Å². The molecule has 10 nitrogen and oxygen atoms in total. The largest absolute Gasteiger partial charge is 0.465 e. The van der Waals surface area contributed by atoms with Crippen molar-refractivity contribution in [2.45, 2.75) is 71.8 Å². The number of aromatic nitrogens is 2. The lowest BCUT2D eigenvalue weighted by Gasteiger charge is -2.39. The molecule has 0 spiro atoms. The van der Waals surface area contributed by atoms with E-state index in [1.165, 1.54) is 24.0 Å². The van der Waals surface area contributed by atoms with Crippen molar-refractivity contribution in [3.63, 3.8) is 0 Å². The first-order valence-corrected chi connectivity index (χ1v) is 19.2. The number of alkyl halides is 9. The van der Waals surface area contributed by atoms with Crippen molar-refractivity contribution in [2.75, 3.05) is 13.1 Å². The fourth-order valence-electron chi connectivity index (χ4n) is 7.44. The first-order valence-electron chi connectivity index (χ1n) is 19.2. The van der Waals surface area contributed by atoms with Crippen LogP contribution in [0.25, 0.3) is 11.4 Å². The van der Waals surface area contributed by atoms with Crippen molar-refractivity contribution in [1.82, 2.24) is 15.0 Å². The smallest absolute Gasteiger partial charge is 0.416 e. The van der Waals surface area contributed by atoms with Crippen molar-refractivity contribution < 1.29 is 63.6 Å². The van der Waals surface area contributed by atoms with Gasteiger partial charge < -0.3 is 24.2 Å². The van der Waals surface area contributed by atoms with Crippen LogP contribution in [0.15, 0.2) is 106 Å². The number of hydrogen-bond acceptors (Lipinski definition) is 8. The van der Waals surface area contributed by atoms with Crippen LogP contribution in [-0.2, 0) is 46.8 Å². The van der Waals surface area contributed by atoms with Gasteiger partial charge in [0.1, 0.15) is 13.2 Å². The Bertz CT molecular complexity index is 2440. The fraction of sp³-hybridized carbons (Fsp3) is 0.341. The van der Waals surface area contributed by atoms with Gasteiger partial charge in [-0.25, -0.2) is 4.79 Å². The summed E-state index contributed by atoms with van der Waals surface area (Å²) in [4.78, 5) is 29.1. The molecule has 4 aromatic carbocycles. The molecule has 0 bridgehead atoms. The maximum absolute atomic E-state index is 13.3. The van der Waals surface area contributed by atoms with Gasteiger partial charge in [0, 0.05) is 24.6 Å². The summed E-state index contributed by atoms with van der Waals surface area (Å²) < 4.78 is 125. The number of carbonyl (C=O) groups is 1. The molecule has 63 heavy (non-hydrogen) atoms. The molecule has 334 valence electrons. The lowest BCUT2D eigenvalue weighted by molar-refractivity contribution is -0.143. The third-order valence-electron chi connectivity index (χ3n) is 10.7. The maximum Gasteiger partial charge on any atom is 0.416 e. The van der Waals surface area contributed by atoms with E-state index in [1.54, 1.807) is 55.5 Å². The Balaban J connectivity index is 1.23. The second-order valence-electron chi connectivity index (χ2n) is 16.1. The molecule has 19 heteroatoms. The van der Waals surface area contributed by atoms with Crippen LogP contribution in [0.4, 0.5) is 44.3 Å². The maximum atomic E-state index is 13.3. The molecule has 2 atom stereocenters. The Morgan fingerprint density at radius 1 is 0.730 bits per heavy atom. The van der Waals surface area contributed by atoms with Gasteiger partial charge in [0.05, 0.1) is 33.5 Å². The number of amides is 1. The number of likely N-dealkylation sites (tertiary alicyclic amines) is 1. The fourth-order valence-corrected chi connectivity index (χ4v) is 7.44. The normalized spacial score (nSPS) is 17.9. The third-order valence-corrected chi connectivity index (χ3v) is 10.7. The van der Waals surface area contributed by atoms with Crippen LogP contribution >= 0.6 is 0 Å². The monoisotopic (exact) mass is 889 g/mol. The molecule has 0 saturated carbocycles. The van der Waals surface area contributed by atoms with E-state index >= 15 is 0 Å². The van der Waals surface area contributed by atoms with E-state index in [-0.39, 0.29) is 48.8 Å². The molecule has 5 aromatic rings. The van der Waals surface area contributed by atoms with Crippen LogP contribution in [0.3, 0.4) is 0 Å². The van der Waals surface area contributed by atoms with Gasteiger partial charge in [-0.2, -0.15) is 44.5 Å². The summed E-state index contributed by atoms with van der Waals surface area (Å²) in [6, 6.07) is 19.5. The predicted octanol–water partition coefficient (Wildman–Crippen LogP) is 11.6. The lowest BCUT2D eigenvalue weighted by atomic mass is 9.62. The summed E-state index contributed by atoms with van der Waals surface area (Å²) in [6.07, 6.45) is -15.6. The molecule has 2 unspecified atom stereocenters. The van der Waals surface area contributed by atoms with Crippen molar-refractivity contribution in [2.24, 2.45) is 21.6 Å². The van der Waals surface area contributed by atoms with Crippen LogP contribution in [0.2, 0.25) is 0 Å². The first kappa shape index (κ1) is 46.1. The van der Waals surface area contributed by atoms with Gasteiger partial charge in [-0.15, -0.1) is 0 Å². The zero-order valence-electron chi connectivity index (χ0n) is 34.3. The molecule has 1 aliphatic heterocycles. The number of halogens is 9. The van der Waals surface area contributed by atoms with Crippen molar-refractivity contribution in [3.8, 4) is 11.4 Å².